The van der Waals surface area contributed by atoms with E-state index in [4.69, 9.17) is 4.52 Å². The van der Waals surface area contributed by atoms with Crippen LogP contribution in [0.25, 0.3) is 0 Å². The van der Waals surface area contributed by atoms with Crippen molar-refractivity contribution in [2.24, 2.45) is 23.2 Å². The molecule has 4 fully saturated rings. The lowest BCUT2D eigenvalue weighted by molar-refractivity contribution is -0.119. The Balaban J connectivity index is 1.12. The number of amides is 2. The van der Waals surface area contributed by atoms with Crippen molar-refractivity contribution in [1.29, 1.82) is 0 Å². The molecular formula is C20H29N3O3S. The van der Waals surface area contributed by atoms with E-state index in [1.54, 1.807) is 13.0 Å². The lowest BCUT2D eigenvalue weighted by Crippen LogP contribution is -2.47. The molecule has 1 aromatic rings. The summed E-state index contributed by atoms with van der Waals surface area (Å²) in [4.78, 5) is 23.9. The Labute approximate surface area is 164 Å². The van der Waals surface area contributed by atoms with Crippen molar-refractivity contribution in [2.75, 3.05) is 23.4 Å². The molecule has 0 aromatic carbocycles. The first-order valence-corrected chi connectivity index (χ1v) is 11.2. The number of anilines is 1. The van der Waals surface area contributed by atoms with Crippen molar-refractivity contribution in [3.63, 3.8) is 0 Å². The summed E-state index contributed by atoms with van der Waals surface area (Å²) in [5.41, 5.74) is 0.505. The van der Waals surface area contributed by atoms with E-state index >= 15 is 0 Å². The predicted molar refractivity (Wildman–Crippen MR) is 105 cm³/mol. The van der Waals surface area contributed by atoms with Gasteiger partial charge in [0.2, 0.25) is 11.8 Å². The Morgan fingerprint density at radius 3 is 2.37 bits per heavy atom. The number of aromatic nitrogens is 1. The second-order valence-corrected chi connectivity index (χ2v) is 9.87. The lowest BCUT2D eigenvalue weighted by atomic mass is 9.49. The molecule has 1 aromatic heterocycles. The highest BCUT2D eigenvalue weighted by Gasteiger charge is 2.50. The molecule has 0 aliphatic heterocycles. The third-order valence-corrected chi connectivity index (χ3v) is 7.44. The fourth-order valence-electron chi connectivity index (χ4n) is 5.95. The number of aryl methyl sites for hydroxylation is 1. The van der Waals surface area contributed by atoms with E-state index in [2.05, 4.69) is 15.8 Å². The van der Waals surface area contributed by atoms with Crippen LogP contribution in [-0.4, -0.2) is 35.0 Å². The molecular weight excluding hydrogens is 362 g/mol. The Morgan fingerprint density at radius 1 is 1.15 bits per heavy atom. The van der Waals surface area contributed by atoms with Crippen LogP contribution in [0.2, 0.25) is 0 Å². The number of carbonyl (C=O) groups is 2. The van der Waals surface area contributed by atoms with Gasteiger partial charge in [-0.15, -0.1) is 11.8 Å². The van der Waals surface area contributed by atoms with E-state index in [-0.39, 0.29) is 17.6 Å². The zero-order valence-corrected chi connectivity index (χ0v) is 16.8. The van der Waals surface area contributed by atoms with Crippen LogP contribution in [0.4, 0.5) is 5.82 Å². The average Bonchev–Trinajstić information content (AvgIpc) is 2.98. The van der Waals surface area contributed by atoms with Gasteiger partial charge in [0.15, 0.2) is 5.82 Å². The van der Waals surface area contributed by atoms with Gasteiger partial charge in [0.25, 0.3) is 0 Å². The molecule has 27 heavy (non-hydrogen) atoms. The fourth-order valence-corrected chi connectivity index (χ4v) is 6.60. The normalized spacial score (nSPS) is 31.1. The molecule has 2 N–H and O–H groups in total. The summed E-state index contributed by atoms with van der Waals surface area (Å²) < 4.78 is 4.90. The molecule has 4 saturated carbocycles. The molecule has 148 valence electrons. The first kappa shape index (κ1) is 18.8. The summed E-state index contributed by atoms with van der Waals surface area (Å²) >= 11 is 1.32. The minimum absolute atomic E-state index is 0.0230. The highest BCUT2D eigenvalue weighted by molar-refractivity contribution is 8.00. The van der Waals surface area contributed by atoms with Gasteiger partial charge in [0.1, 0.15) is 5.76 Å². The first-order chi connectivity index (χ1) is 13.0. The number of thioether (sulfide) groups is 1. The second kappa shape index (κ2) is 7.86. The topological polar surface area (TPSA) is 84.2 Å². The summed E-state index contributed by atoms with van der Waals surface area (Å²) in [5, 5.41) is 9.44. The Hall–Kier alpha value is -1.50. The molecule has 0 unspecified atom stereocenters. The summed E-state index contributed by atoms with van der Waals surface area (Å²) in [6, 6.07) is 1.67. The number of hydrogen-bond acceptors (Lipinski definition) is 5. The van der Waals surface area contributed by atoms with Crippen LogP contribution in [0.3, 0.4) is 0 Å². The maximum Gasteiger partial charge on any atom is 0.235 e. The standard InChI is InChI=1S/C20H29N3O3S/c1-13-4-17(23-26-13)22-19(25)12-27-11-18(24)21-3-2-20-8-14-5-15(9-20)7-16(6-14)10-20/h4,14-16H,2-3,5-12H2,1H3,(H,21,24)(H,22,23,25). The third kappa shape index (κ3) is 4.68. The van der Waals surface area contributed by atoms with Crippen LogP contribution in [-0.2, 0) is 9.59 Å². The molecule has 2 amide bonds. The minimum atomic E-state index is -0.172. The molecule has 0 radical (unpaired) electrons. The fraction of sp³-hybridized carbons (Fsp3) is 0.750. The van der Waals surface area contributed by atoms with Gasteiger partial charge in [-0.2, -0.15) is 0 Å². The molecule has 1 heterocycles. The molecule has 4 bridgehead atoms. The van der Waals surface area contributed by atoms with Gasteiger partial charge < -0.3 is 15.2 Å². The number of nitrogens with zero attached hydrogens (tertiary/aromatic N) is 1. The third-order valence-electron chi connectivity index (χ3n) is 6.50. The molecule has 5 rings (SSSR count). The van der Waals surface area contributed by atoms with Gasteiger partial charge in [0, 0.05) is 12.6 Å². The smallest absolute Gasteiger partial charge is 0.235 e. The highest BCUT2D eigenvalue weighted by Crippen LogP contribution is 2.61. The van der Waals surface area contributed by atoms with Gasteiger partial charge in [-0.1, -0.05) is 5.16 Å². The van der Waals surface area contributed by atoms with E-state index in [0.717, 1.165) is 30.7 Å². The van der Waals surface area contributed by atoms with Crippen molar-refractivity contribution in [2.45, 2.75) is 51.9 Å². The summed E-state index contributed by atoms with van der Waals surface area (Å²) in [6.07, 6.45) is 9.63. The average molecular weight is 392 g/mol. The zero-order valence-electron chi connectivity index (χ0n) is 16.0. The van der Waals surface area contributed by atoms with Crippen LogP contribution in [0.15, 0.2) is 10.6 Å². The molecule has 0 atom stereocenters. The molecule has 0 spiro atoms. The second-order valence-electron chi connectivity index (χ2n) is 8.88. The lowest BCUT2D eigenvalue weighted by Gasteiger charge is -2.57. The van der Waals surface area contributed by atoms with Crippen molar-refractivity contribution >= 4 is 29.4 Å². The van der Waals surface area contributed by atoms with Crippen LogP contribution in [0, 0.1) is 30.1 Å². The highest BCUT2D eigenvalue weighted by atomic mass is 32.2. The van der Waals surface area contributed by atoms with E-state index < -0.39 is 0 Å². The number of hydrogen-bond donors (Lipinski definition) is 2. The van der Waals surface area contributed by atoms with Gasteiger partial charge in [-0.3, -0.25) is 9.59 Å². The minimum Gasteiger partial charge on any atom is -0.360 e. The maximum atomic E-state index is 12.1. The van der Waals surface area contributed by atoms with Crippen molar-refractivity contribution in [3.8, 4) is 0 Å². The van der Waals surface area contributed by atoms with E-state index in [0.29, 0.717) is 22.7 Å². The summed E-state index contributed by atoms with van der Waals surface area (Å²) in [7, 11) is 0. The molecule has 0 saturated heterocycles. The SMILES string of the molecule is Cc1cc(NC(=O)CSCC(=O)NCCC23CC4CC(CC(C4)C2)C3)no1. The van der Waals surface area contributed by atoms with E-state index in [9.17, 15) is 9.59 Å². The van der Waals surface area contributed by atoms with Gasteiger partial charge >= 0.3 is 0 Å². The maximum absolute atomic E-state index is 12.1. The number of carbonyl (C=O) groups excluding carboxylic acids is 2. The molecule has 4 aliphatic carbocycles. The number of rotatable bonds is 8. The summed E-state index contributed by atoms with van der Waals surface area (Å²) in [5.74, 6) is 4.32. The van der Waals surface area contributed by atoms with Gasteiger partial charge in [0.05, 0.1) is 11.5 Å². The quantitative estimate of drug-likeness (QED) is 0.710. The Kier molecular flexibility index (Phi) is 5.48. The van der Waals surface area contributed by atoms with Gasteiger partial charge in [-0.05, 0) is 75.0 Å². The largest absolute Gasteiger partial charge is 0.360 e. The van der Waals surface area contributed by atoms with Crippen LogP contribution in [0.5, 0.6) is 0 Å². The van der Waals surface area contributed by atoms with Crippen molar-refractivity contribution < 1.29 is 14.1 Å². The van der Waals surface area contributed by atoms with Gasteiger partial charge in [-0.25, -0.2) is 0 Å². The first-order valence-electron chi connectivity index (χ1n) is 10.1. The van der Waals surface area contributed by atoms with E-state index in [1.807, 2.05) is 0 Å². The molecule has 4 aliphatic rings. The predicted octanol–water partition coefficient (Wildman–Crippen LogP) is 3.38. The van der Waals surface area contributed by atoms with Crippen molar-refractivity contribution in [3.05, 3.63) is 11.8 Å². The Bertz CT molecular complexity index is 667. The summed E-state index contributed by atoms with van der Waals surface area (Å²) in [6.45, 7) is 2.54. The Morgan fingerprint density at radius 2 is 1.78 bits per heavy atom. The zero-order chi connectivity index (χ0) is 18.9. The van der Waals surface area contributed by atoms with Crippen LogP contribution in [0.1, 0.15) is 50.7 Å². The molecule has 6 nitrogen and oxygen atoms in total. The number of nitrogens with one attached hydrogen (secondary N) is 2. The van der Waals surface area contributed by atoms with Crippen LogP contribution < -0.4 is 10.6 Å². The van der Waals surface area contributed by atoms with Crippen LogP contribution >= 0.6 is 11.8 Å². The van der Waals surface area contributed by atoms with E-state index in [1.165, 1.54) is 50.3 Å². The monoisotopic (exact) mass is 391 g/mol. The van der Waals surface area contributed by atoms with Crippen molar-refractivity contribution in [1.82, 2.24) is 10.5 Å². The molecule has 7 heteroatoms.